The van der Waals surface area contributed by atoms with Crippen LogP contribution >= 0.6 is 0 Å². The molecule has 0 spiro atoms. The summed E-state index contributed by atoms with van der Waals surface area (Å²) in [6, 6.07) is 9.98. The summed E-state index contributed by atoms with van der Waals surface area (Å²) in [5, 5.41) is 7.66. The molecule has 0 amide bonds. The first-order valence-corrected chi connectivity index (χ1v) is 9.49. The summed E-state index contributed by atoms with van der Waals surface area (Å²) in [7, 11) is 1.71. The van der Waals surface area contributed by atoms with E-state index in [1.54, 1.807) is 7.11 Å². The van der Waals surface area contributed by atoms with Crippen molar-refractivity contribution >= 4 is 16.9 Å². The highest BCUT2D eigenvalue weighted by Gasteiger charge is 2.27. The van der Waals surface area contributed by atoms with Crippen molar-refractivity contribution in [2.45, 2.75) is 52.4 Å². The van der Waals surface area contributed by atoms with Crippen LogP contribution in [0, 0.1) is 5.41 Å². The molecule has 148 valence electrons. The average molecular weight is 379 g/mol. The number of fused-ring (bicyclic) bond motifs is 1. The van der Waals surface area contributed by atoms with Crippen LogP contribution in [-0.4, -0.2) is 22.9 Å². The monoisotopic (exact) mass is 378 g/mol. The van der Waals surface area contributed by atoms with Crippen molar-refractivity contribution in [2.24, 2.45) is 5.73 Å². The number of amidine groups is 1. The van der Waals surface area contributed by atoms with Crippen LogP contribution in [-0.2, 0) is 10.8 Å². The van der Waals surface area contributed by atoms with E-state index in [0.29, 0.717) is 5.56 Å². The number of nitrogen functional groups attached to an aromatic ring is 1. The molecular formula is C23H30N4O. The zero-order chi connectivity index (χ0) is 20.9. The summed E-state index contributed by atoms with van der Waals surface area (Å²) in [5.41, 5.74) is 11.2. The third-order valence-electron chi connectivity index (χ3n) is 5.02. The standard InChI is InChI=1S/C23H30N4O/c1-22(2,3)14-11-15(19(28-7)16(12-14)23(4,5)6)21-26-17-9-8-13(20(24)25)10-18(17)27-21/h8-12H,1-7H3,(H3,24,25)(H,26,27). The number of imidazole rings is 1. The Hall–Kier alpha value is -2.82. The molecule has 28 heavy (non-hydrogen) atoms. The normalized spacial score (nSPS) is 12.4. The molecule has 0 radical (unpaired) electrons. The lowest BCUT2D eigenvalue weighted by molar-refractivity contribution is 0.398. The van der Waals surface area contributed by atoms with Crippen LogP contribution in [0.1, 0.15) is 58.2 Å². The van der Waals surface area contributed by atoms with Gasteiger partial charge in [0.2, 0.25) is 0 Å². The summed E-state index contributed by atoms with van der Waals surface area (Å²) >= 11 is 0. The number of aromatic nitrogens is 2. The fraction of sp³-hybridized carbons (Fsp3) is 0.391. The number of aromatic amines is 1. The number of hydrogen-bond acceptors (Lipinski definition) is 3. The Morgan fingerprint density at radius 2 is 1.71 bits per heavy atom. The Morgan fingerprint density at radius 3 is 2.25 bits per heavy atom. The van der Waals surface area contributed by atoms with E-state index in [0.717, 1.165) is 33.7 Å². The summed E-state index contributed by atoms with van der Waals surface area (Å²) in [6.07, 6.45) is 0. The van der Waals surface area contributed by atoms with E-state index in [-0.39, 0.29) is 16.7 Å². The first-order valence-electron chi connectivity index (χ1n) is 9.49. The molecule has 0 aliphatic rings. The highest BCUT2D eigenvalue weighted by molar-refractivity contribution is 5.98. The molecule has 0 saturated heterocycles. The molecule has 0 bridgehead atoms. The summed E-state index contributed by atoms with van der Waals surface area (Å²) < 4.78 is 5.87. The number of H-pyrrole nitrogens is 1. The molecule has 2 aromatic carbocycles. The van der Waals surface area contributed by atoms with Crippen LogP contribution in [0.4, 0.5) is 0 Å². The highest BCUT2D eigenvalue weighted by atomic mass is 16.5. The third kappa shape index (κ3) is 3.61. The zero-order valence-corrected chi connectivity index (χ0v) is 17.8. The number of rotatable bonds is 3. The van der Waals surface area contributed by atoms with Gasteiger partial charge >= 0.3 is 0 Å². The second kappa shape index (κ2) is 6.66. The molecule has 4 N–H and O–H groups in total. The number of methoxy groups -OCH3 is 1. The molecule has 1 heterocycles. The Morgan fingerprint density at radius 1 is 1.04 bits per heavy atom. The molecule has 1 aromatic heterocycles. The van der Waals surface area contributed by atoms with E-state index >= 15 is 0 Å². The first kappa shape index (κ1) is 19.9. The number of benzene rings is 2. The molecule has 0 saturated carbocycles. The maximum atomic E-state index is 7.66. The average Bonchev–Trinajstić information content (AvgIpc) is 3.01. The van der Waals surface area contributed by atoms with Crippen LogP contribution in [0.3, 0.4) is 0 Å². The third-order valence-corrected chi connectivity index (χ3v) is 5.02. The second-order valence-corrected chi connectivity index (χ2v) is 9.34. The SMILES string of the molecule is COc1c(-c2nc3ccc(C(=N)N)cc3[nH]2)cc(C(C)(C)C)cc1C(C)(C)C. The van der Waals surface area contributed by atoms with Crippen molar-refractivity contribution in [3.8, 4) is 17.1 Å². The summed E-state index contributed by atoms with van der Waals surface area (Å²) in [4.78, 5) is 8.19. The van der Waals surface area contributed by atoms with Gasteiger partial charge in [0, 0.05) is 11.1 Å². The van der Waals surface area contributed by atoms with Crippen LogP contribution in [0.15, 0.2) is 30.3 Å². The van der Waals surface area contributed by atoms with Gasteiger partial charge in [-0.05, 0) is 40.7 Å². The van der Waals surface area contributed by atoms with Crippen LogP contribution in [0.25, 0.3) is 22.4 Å². The molecular weight excluding hydrogens is 348 g/mol. The van der Waals surface area contributed by atoms with E-state index in [1.165, 1.54) is 5.56 Å². The number of nitrogens with two attached hydrogens (primary N) is 1. The van der Waals surface area contributed by atoms with E-state index < -0.39 is 0 Å². The Balaban J connectivity index is 2.30. The Bertz CT molecular complexity index is 1050. The second-order valence-electron chi connectivity index (χ2n) is 9.34. The van der Waals surface area contributed by atoms with E-state index in [2.05, 4.69) is 58.7 Å². The lowest BCUT2D eigenvalue weighted by Crippen LogP contribution is -2.18. The lowest BCUT2D eigenvalue weighted by atomic mass is 9.79. The van der Waals surface area contributed by atoms with E-state index in [1.807, 2.05) is 18.2 Å². The van der Waals surface area contributed by atoms with Gasteiger partial charge < -0.3 is 15.5 Å². The molecule has 5 heteroatoms. The van der Waals surface area contributed by atoms with Crippen molar-refractivity contribution in [3.05, 3.63) is 47.0 Å². The molecule has 0 aliphatic carbocycles. The number of nitrogens with zero attached hydrogens (tertiary/aromatic N) is 1. The maximum absolute atomic E-state index is 7.66. The fourth-order valence-electron chi connectivity index (χ4n) is 3.32. The lowest BCUT2D eigenvalue weighted by Gasteiger charge is -2.28. The fourth-order valence-corrected chi connectivity index (χ4v) is 3.32. The molecule has 0 fully saturated rings. The van der Waals surface area contributed by atoms with Gasteiger partial charge in [0.05, 0.1) is 23.7 Å². The minimum atomic E-state index is -0.0742. The molecule has 5 nitrogen and oxygen atoms in total. The topological polar surface area (TPSA) is 87.8 Å². The van der Waals surface area contributed by atoms with Crippen molar-refractivity contribution in [1.29, 1.82) is 5.41 Å². The van der Waals surface area contributed by atoms with Gasteiger partial charge in [-0.1, -0.05) is 47.6 Å². The summed E-state index contributed by atoms with van der Waals surface area (Å²) in [5.74, 6) is 1.64. The largest absolute Gasteiger partial charge is 0.496 e. The minimum Gasteiger partial charge on any atom is -0.496 e. The van der Waals surface area contributed by atoms with Gasteiger partial charge in [0.25, 0.3) is 0 Å². The van der Waals surface area contributed by atoms with Gasteiger partial charge in [-0.2, -0.15) is 0 Å². The number of nitrogens with one attached hydrogen (secondary N) is 2. The van der Waals surface area contributed by atoms with E-state index in [4.69, 9.17) is 20.9 Å². The van der Waals surface area contributed by atoms with Crippen LogP contribution in [0.5, 0.6) is 5.75 Å². The molecule has 0 unspecified atom stereocenters. The smallest absolute Gasteiger partial charge is 0.142 e. The molecule has 3 rings (SSSR count). The van der Waals surface area contributed by atoms with Gasteiger partial charge in [-0.15, -0.1) is 0 Å². The molecule has 3 aromatic rings. The Labute approximate surface area is 166 Å². The van der Waals surface area contributed by atoms with Crippen molar-refractivity contribution in [2.75, 3.05) is 7.11 Å². The zero-order valence-electron chi connectivity index (χ0n) is 17.8. The number of ether oxygens (including phenoxy) is 1. The quantitative estimate of drug-likeness (QED) is 0.437. The van der Waals surface area contributed by atoms with Gasteiger partial charge in [-0.25, -0.2) is 4.98 Å². The Kier molecular flexibility index (Phi) is 4.74. The first-order chi connectivity index (χ1) is 12.9. The molecule has 0 aliphatic heterocycles. The van der Waals surface area contributed by atoms with Crippen molar-refractivity contribution < 1.29 is 4.74 Å². The van der Waals surface area contributed by atoms with Gasteiger partial charge in [0.15, 0.2) is 0 Å². The van der Waals surface area contributed by atoms with Crippen LogP contribution in [0.2, 0.25) is 0 Å². The van der Waals surface area contributed by atoms with E-state index in [9.17, 15) is 0 Å². The minimum absolute atomic E-state index is 0.00512. The number of hydrogen-bond donors (Lipinski definition) is 3. The predicted octanol–water partition coefficient (Wildman–Crippen LogP) is 5.12. The maximum Gasteiger partial charge on any atom is 0.142 e. The van der Waals surface area contributed by atoms with Crippen molar-refractivity contribution in [3.63, 3.8) is 0 Å². The van der Waals surface area contributed by atoms with Gasteiger partial charge in [-0.3, -0.25) is 5.41 Å². The van der Waals surface area contributed by atoms with Gasteiger partial charge in [0.1, 0.15) is 17.4 Å². The summed E-state index contributed by atoms with van der Waals surface area (Å²) in [6.45, 7) is 13.2. The predicted molar refractivity (Wildman–Crippen MR) is 116 cm³/mol. The molecule has 0 atom stereocenters. The van der Waals surface area contributed by atoms with Crippen molar-refractivity contribution in [1.82, 2.24) is 9.97 Å². The van der Waals surface area contributed by atoms with Crippen LogP contribution < -0.4 is 10.5 Å². The highest BCUT2D eigenvalue weighted by Crippen LogP contribution is 2.42.